The summed E-state index contributed by atoms with van der Waals surface area (Å²) in [7, 11) is 1.49. The minimum absolute atomic E-state index is 0.000113. The summed E-state index contributed by atoms with van der Waals surface area (Å²) in [5.41, 5.74) is 6.18. The van der Waals surface area contributed by atoms with Crippen LogP contribution in [0, 0.1) is 11.7 Å². The van der Waals surface area contributed by atoms with Gasteiger partial charge >= 0.3 is 0 Å². The molecule has 0 saturated carbocycles. The molecule has 0 aliphatic carbocycles. The van der Waals surface area contributed by atoms with E-state index in [9.17, 15) is 23.6 Å². The number of nitrogens with two attached hydrogens (primary N) is 1. The average molecular weight is 550 g/mol. The van der Waals surface area contributed by atoms with Gasteiger partial charge in [0.05, 0.1) is 13.2 Å². The Morgan fingerprint density at radius 1 is 1.20 bits per heavy atom. The SMILES string of the molecule is CC(C)C[C@@H](C(=O)N1CC2(C[C@H]1C(N)=O)OCc1ccccc1NC2=O)N(C)C(=O)c1cc2c(F)cccc2[nH]1. The Bertz CT molecular complexity index is 1500. The molecule has 4 amide bonds. The normalized spacial score (nSPS) is 21.3. The number of hydrogen-bond acceptors (Lipinski definition) is 5. The summed E-state index contributed by atoms with van der Waals surface area (Å²) in [6.45, 7) is 3.72. The van der Waals surface area contributed by atoms with Crippen LogP contribution in [0.4, 0.5) is 10.1 Å². The lowest BCUT2D eigenvalue weighted by molar-refractivity contribution is -0.145. The van der Waals surface area contributed by atoms with Crippen molar-refractivity contribution < 1.29 is 28.3 Å². The number of nitrogens with one attached hydrogen (secondary N) is 2. The molecule has 5 rings (SSSR count). The van der Waals surface area contributed by atoms with Gasteiger partial charge in [-0.1, -0.05) is 38.1 Å². The summed E-state index contributed by atoms with van der Waals surface area (Å²) < 4.78 is 20.4. The van der Waals surface area contributed by atoms with Crippen LogP contribution >= 0.6 is 0 Å². The molecule has 3 heterocycles. The topological polar surface area (TPSA) is 138 Å². The number of benzene rings is 2. The van der Waals surface area contributed by atoms with Crippen molar-refractivity contribution in [2.45, 2.75) is 51.0 Å². The third kappa shape index (κ3) is 4.81. The summed E-state index contributed by atoms with van der Waals surface area (Å²) in [5.74, 6) is -2.75. The monoisotopic (exact) mass is 549 g/mol. The van der Waals surface area contributed by atoms with E-state index < -0.39 is 47.1 Å². The minimum atomic E-state index is -1.49. The van der Waals surface area contributed by atoms with Crippen LogP contribution in [0.5, 0.6) is 0 Å². The Balaban J connectivity index is 1.44. The Hall–Kier alpha value is -4.25. The number of hydrogen-bond donors (Lipinski definition) is 3. The number of rotatable bonds is 6. The van der Waals surface area contributed by atoms with E-state index in [2.05, 4.69) is 10.3 Å². The first-order chi connectivity index (χ1) is 19.0. The molecule has 1 unspecified atom stereocenters. The summed E-state index contributed by atoms with van der Waals surface area (Å²) in [6, 6.07) is 11.0. The lowest BCUT2D eigenvalue weighted by atomic mass is 9.98. The zero-order valence-electron chi connectivity index (χ0n) is 22.6. The van der Waals surface area contributed by atoms with E-state index in [0.29, 0.717) is 11.2 Å². The molecule has 11 heteroatoms. The fourth-order valence-corrected chi connectivity index (χ4v) is 5.54. The van der Waals surface area contributed by atoms with Crippen molar-refractivity contribution in [3.63, 3.8) is 0 Å². The number of amides is 4. The number of likely N-dealkylation sites (N-methyl/N-ethyl adjacent to an activating group) is 1. The molecule has 3 atom stereocenters. The van der Waals surface area contributed by atoms with Crippen LogP contribution in [0.3, 0.4) is 0 Å². The number of aromatic amines is 1. The van der Waals surface area contributed by atoms with Crippen molar-refractivity contribution in [3.05, 3.63) is 65.6 Å². The Morgan fingerprint density at radius 3 is 2.65 bits per heavy atom. The van der Waals surface area contributed by atoms with Gasteiger partial charge in [0.2, 0.25) is 11.8 Å². The third-order valence-corrected chi connectivity index (χ3v) is 7.73. The highest BCUT2D eigenvalue weighted by atomic mass is 19.1. The lowest BCUT2D eigenvalue weighted by Crippen LogP contribution is -2.54. The number of anilines is 1. The number of likely N-dealkylation sites (tertiary alicyclic amines) is 1. The minimum Gasteiger partial charge on any atom is -0.368 e. The number of primary amides is 1. The van der Waals surface area contributed by atoms with Crippen LogP contribution in [0.25, 0.3) is 10.9 Å². The molecule has 40 heavy (non-hydrogen) atoms. The van der Waals surface area contributed by atoms with Gasteiger partial charge in [0.1, 0.15) is 23.6 Å². The number of fused-ring (bicyclic) bond motifs is 2. The molecule has 2 aliphatic heterocycles. The van der Waals surface area contributed by atoms with Gasteiger partial charge in [-0.25, -0.2) is 4.39 Å². The maximum absolute atomic E-state index is 14.3. The highest BCUT2D eigenvalue weighted by Crippen LogP contribution is 2.37. The Kier molecular flexibility index (Phi) is 7.09. The van der Waals surface area contributed by atoms with Gasteiger partial charge in [-0.15, -0.1) is 0 Å². The van der Waals surface area contributed by atoms with Crippen molar-refractivity contribution in [2.24, 2.45) is 11.7 Å². The van der Waals surface area contributed by atoms with Gasteiger partial charge in [0.15, 0.2) is 5.60 Å². The lowest BCUT2D eigenvalue weighted by Gasteiger charge is -2.34. The number of halogens is 1. The van der Waals surface area contributed by atoms with E-state index in [-0.39, 0.29) is 43.0 Å². The first-order valence-electron chi connectivity index (χ1n) is 13.2. The van der Waals surface area contributed by atoms with Crippen LogP contribution in [-0.4, -0.2) is 69.7 Å². The molecule has 3 aromatic rings. The number of aromatic nitrogens is 1. The Labute approximate surface area is 230 Å². The molecule has 2 aliphatic rings. The molecule has 2 aromatic carbocycles. The van der Waals surface area contributed by atoms with Gasteiger partial charge in [-0.3, -0.25) is 19.2 Å². The van der Waals surface area contributed by atoms with Crippen molar-refractivity contribution in [1.29, 1.82) is 0 Å². The zero-order valence-corrected chi connectivity index (χ0v) is 22.6. The van der Waals surface area contributed by atoms with Crippen molar-refractivity contribution in [3.8, 4) is 0 Å². The van der Waals surface area contributed by atoms with E-state index in [1.165, 1.54) is 35.0 Å². The van der Waals surface area contributed by atoms with Gasteiger partial charge in [-0.2, -0.15) is 0 Å². The number of H-pyrrole nitrogens is 1. The van der Waals surface area contributed by atoms with Gasteiger partial charge in [-0.05, 0) is 36.6 Å². The van der Waals surface area contributed by atoms with E-state index in [0.717, 1.165) is 5.56 Å². The van der Waals surface area contributed by atoms with Gasteiger partial charge in [0.25, 0.3) is 11.8 Å². The van der Waals surface area contributed by atoms with Crippen molar-refractivity contribution in [1.82, 2.24) is 14.8 Å². The molecule has 1 fully saturated rings. The number of ether oxygens (including phenoxy) is 1. The van der Waals surface area contributed by atoms with E-state index in [4.69, 9.17) is 10.5 Å². The standard InChI is InChI=1S/C29H32FN5O5/c1-16(2)11-23(34(3)26(37)22-12-18-19(30)8-6-10-21(18)32-22)27(38)35-15-29(13-24(35)25(31)36)28(39)33-20-9-5-4-7-17(20)14-40-29/h4-10,12,16,23-24,32H,11,13-15H2,1-3H3,(H2,31,36)(H,33,39)/t23-,24-,29?/m0/s1. The number of carbonyl (C=O) groups excluding carboxylic acids is 4. The van der Waals surface area contributed by atoms with Crippen LogP contribution in [0.1, 0.15) is 42.7 Å². The third-order valence-electron chi connectivity index (χ3n) is 7.73. The predicted octanol–water partition coefficient (Wildman–Crippen LogP) is 2.79. The highest BCUT2D eigenvalue weighted by molar-refractivity contribution is 6.03. The fourth-order valence-electron chi connectivity index (χ4n) is 5.54. The van der Waals surface area contributed by atoms with E-state index in [1.54, 1.807) is 18.2 Å². The van der Waals surface area contributed by atoms with Crippen molar-refractivity contribution in [2.75, 3.05) is 18.9 Å². The number of para-hydroxylation sites is 1. The first kappa shape index (κ1) is 27.3. The predicted molar refractivity (Wildman–Crippen MR) is 145 cm³/mol. The largest absolute Gasteiger partial charge is 0.368 e. The highest BCUT2D eigenvalue weighted by Gasteiger charge is 2.55. The Morgan fingerprint density at radius 2 is 1.95 bits per heavy atom. The summed E-state index contributed by atoms with van der Waals surface area (Å²) >= 11 is 0. The van der Waals surface area contributed by atoms with Gasteiger partial charge in [0, 0.05) is 35.6 Å². The van der Waals surface area contributed by atoms with E-state index >= 15 is 0 Å². The number of carbonyl (C=O) groups is 4. The van der Waals surface area contributed by atoms with E-state index in [1.807, 2.05) is 26.0 Å². The van der Waals surface area contributed by atoms with Crippen LogP contribution < -0.4 is 11.1 Å². The molecule has 210 valence electrons. The first-order valence-corrected chi connectivity index (χ1v) is 13.2. The van der Waals surface area contributed by atoms with Crippen LogP contribution in [0.2, 0.25) is 0 Å². The molecule has 4 N–H and O–H groups in total. The summed E-state index contributed by atoms with van der Waals surface area (Å²) in [5, 5.41) is 3.12. The van der Waals surface area contributed by atoms with Crippen LogP contribution in [-0.2, 0) is 25.7 Å². The molecule has 1 spiro atoms. The smallest absolute Gasteiger partial charge is 0.270 e. The molecule has 1 saturated heterocycles. The molecule has 0 radical (unpaired) electrons. The van der Waals surface area contributed by atoms with Gasteiger partial charge < -0.3 is 30.6 Å². The maximum atomic E-state index is 14.3. The maximum Gasteiger partial charge on any atom is 0.270 e. The fraction of sp³-hybridized carbons (Fsp3) is 0.379. The molecule has 10 nitrogen and oxygen atoms in total. The average Bonchev–Trinajstić information content (AvgIpc) is 3.51. The quantitative estimate of drug-likeness (QED) is 0.434. The molecule has 0 bridgehead atoms. The second-order valence-corrected chi connectivity index (χ2v) is 10.9. The van der Waals surface area contributed by atoms with Crippen LogP contribution in [0.15, 0.2) is 48.5 Å². The summed E-state index contributed by atoms with van der Waals surface area (Å²) in [4.78, 5) is 59.1. The molecular formula is C29H32FN5O5. The second kappa shape index (κ2) is 10.4. The molecule has 1 aromatic heterocycles. The zero-order chi connectivity index (χ0) is 28.8. The van der Waals surface area contributed by atoms with Crippen molar-refractivity contribution >= 4 is 40.2 Å². The summed E-state index contributed by atoms with van der Waals surface area (Å²) in [6.07, 6.45) is 0.171. The number of nitrogens with zero attached hydrogens (tertiary/aromatic N) is 2. The second-order valence-electron chi connectivity index (χ2n) is 10.9. The molecular weight excluding hydrogens is 517 g/mol.